The quantitative estimate of drug-likeness (QED) is 0.878. The van der Waals surface area contributed by atoms with Gasteiger partial charge in [0.05, 0.1) is 0 Å². The summed E-state index contributed by atoms with van der Waals surface area (Å²) in [6.07, 6.45) is 0.907. The van der Waals surface area contributed by atoms with Crippen molar-refractivity contribution in [3.63, 3.8) is 0 Å². The van der Waals surface area contributed by atoms with E-state index in [0.717, 1.165) is 11.3 Å². The number of benzene rings is 1. The summed E-state index contributed by atoms with van der Waals surface area (Å²) in [7, 11) is 0. The minimum atomic E-state index is 0.573. The smallest absolute Gasteiger partial charge is 0.281 e. The zero-order valence-corrected chi connectivity index (χ0v) is 9.83. The van der Waals surface area contributed by atoms with E-state index in [1.807, 2.05) is 12.1 Å². The maximum atomic E-state index is 5.49. The molecule has 2 N–H and O–H groups in total. The summed E-state index contributed by atoms with van der Waals surface area (Å²) < 4.78 is 5.29. The molecule has 0 saturated carbocycles. The second kappa shape index (κ2) is 5.14. The van der Waals surface area contributed by atoms with Gasteiger partial charge in [0, 0.05) is 11.8 Å². The van der Waals surface area contributed by atoms with Crippen LogP contribution < -0.4 is 5.73 Å². The van der Waals surface area contributed by atoms with Crippen LogP contribution in [0.25, 0.3) is 0 Å². The molecule has 0 atom stereocenters. The van der Waals surface area contributed by atoms with E-state index in [4.69, 9.17) is 10.2 Å². The van der Waals surface area contributed by atoms with Crippen molar-refractivity contribution >= 4 is 11.8 Å². The minimum absolute atomic E-state index is 0.573. The van der Waals surface area contributed by atoms with Crippen LogP contribution in [0, 0.1) is 6.92 Å². The molecule has 0 bridgehead atoms. The van der Waals surface area contributed by atoms with E-state index < -0.39 is 0 Å². The summed E-state index contributed by atoms with van der Waals surface area (Å²) in [5.74, 6) is 0.585. The summed E-state index contributed by atoms with van der Waals surface area (Å²) >= 11 is 1.46. The van der Waals surface area contributed by atoms with E-state index in [2.05, 4.69) is 22.3 Å². The van der Waals surface area contributed by atoms with Crippen molar-refractivity contribution in [1.82, 2.24) is 10.2 Å². The SMILES string of the molecule is Cc1nnc(Sc2ccc(CCN)cc2)o1. The average Bonchev–Trinajstić information content (AvgIpc) is 2.67. The first kappa shape index (κ1) is 11.2. The molecule has 0 aliphatic rings. The van der Waals surface area contributed by atoms with Gasteiger partial charge in [-0.25, -0.2) is 0 Å². The first-order chi connectivity index (χ1) is 7.78. The molecular formula is C11H13N3OS. The van der Waals surface area contributed by atoms with Crippen molar-refractivity contribution in [2.24, 2.45) is 5.73 Å². The third-order valence-corrected chi connectivity index (χ3v) is 2.92. The number of nitrogens with two attached hydrogens (primary N) is 1. The molecule has 0 unspecified atom stereocenters. The zero-order chi connectivity index (χ0) is 11.4. The Kier molecular flexibility index (Phi) is 3.58. The molecule has 1 aromatic carbocycles. The molecule has 0 radical (unpaired) electrons. The number of nitrogens with zero attached hydrogens (tertiary/aromatic N) is 2. The van der Waals surface area contributed by atoms with E-state index in [0.29, 0.717) is 17.7 Å². The lowest BCUT2D eigenvalue weighted by Crippen LogP contribution is -2.02. The van der Waals surface area contributed by atoms with Gasteiger partial charge in [0.1, 0.15) is 0 Å². The third-order valence-electron chi connectivity index (χ3n) is 2.07. The van der Waals surface area contributed by atoms with Crippen LogP contribution in [0.4, 0.5) is 0 Å². The van der Waals surface area contributed by atoms with Crippen LogP contribution in [0.15, 0.2) is 38.8 Å². The van der Waals surface area contributed by atoms with Gasteiger partial charge >= 0.3 is 0 Å². The fourth-order valence-electron chi connectivity index (χ4n) is 1.31. The summed E-state index contributed by atoms with van der Waals surface area (Å²) in [4.78, 5) is 1.09. The summed E-state index contributed by atoms with van der Waals surface area (Å²) in [6, 6.07) is 8.21. The molecule has 0 amide bonds. The van der Waals surface area contributed by atoms with Crippen LogP contribution in [0.3, 0.4) is 0 Å². The van der Waals surface area contributed by atoms with Crippen LogP contribution in [0.1, 0.15) is 11.5 Å². The molecule has 4 nitrogen and oxygen atoms in total. The molecule has 0 aliphatic heterocycles. The van der Waals surface area contributed by atoms with Crippen molar-refractivity contribution in [2.75, 3.05) is 6.54 Å². The number of aryl methyl sites for hydroxylation is 1. The average molecular weight is 235 g/mol. The van der Waals surface area contributed by atoms with Crippen LogP contribution in [-0.2, 0) is 6.42 Å². The summed E-state index contributed by atoms with van der Waals surface area (Å²) in [5, 5.41) is 8.28. The second-order valence-electron chi connectivity index (χ2n) is 3.37. The van der Waals surface area contributed by atoms with Crippen LogP contribution in [-0.4, -0.2) is 16.7 Å². The molecule has 0 saturated heterocycles. The Morgan fingerprint density at radius 2 is 2.00 bits per heavy atom. The van der Waals surface area contributed by atoms with E-state index >= 15 is 0 Å². The molecule has 1 heterocycles. The number of rotatable bonds is 4. The van der Waals surface area contributed by atoms with E-state index in [1.165, 1.54) is 17.3 Å². The van der Waals surface area contributed by atoms with Gasteiger partial charge in [-0.15, -0.1) is 10.2 Å². The molecule has 2 aromatic rings. The number of hydrogen-bond donors (Lipinski definition) is 1. The van der Waals surface area contributed by atoms with E-state index in [9.17, 15) is 0 Å². The Balaban J connectivity index is 2.05. The van der Waals surface area contributed by atoms with Crippen molar-refractivity contribution in [2.45, 2.75) is 23.5 Å². The molecule has 2 rings (SSSR count). The summed E-state index contributed by atoms with van der Waals surface area (Å²) in [5.41, 5.74) is 6.73. The van der Waals surface area contributed by atoms with Gasteiger partial charge in [-0.3, -0.25) is 0 Å². The van der Waals surface area contributed by atoms with Crippen molar-refractivity contribution in [1.29, 1.82) is 0 Å². The molecule has 1 aromatic heterocycles. The number of aromatic nitrogens is 2. The lowest BCUT2D eigenvalue weighted by atomic mass is 10.2. The predicted molar refractivity (Wildman–Crippen MR) is 62.4 cm³/mol. The first-order valence-electron chi connectivity index (χ1n) is 5.05. The van der Waals surface area contributed by atoms with Crippen LogP contribution in [0.2, 0.25) is 0 Å². The Bertz CT molecular complexity index is 453. The standard InChI is InChI=1S/C11H13N3OS/c1-8-13-14-11(15-8)16-10-4-2-9(3-5-10)6-7-12/h2-5H,6-7,12H2,1H3. The highest BCUT2D eigenvalue weighted by Crippen LogP contribution is 2.26. The first-order valence-corrected chi connectivity index (χ1v) is 5.86. The van der Waals surface area contributed by atoms with Crippen LogP contribution >= 0.6 is 11.8 Å². The molecule has 0 spiro atoms. The molecular weight excluding hydrogens is 222 g/mol. The third kappa shape index (κ3) is 2.84. The van der Waals surface area contributed by atoms with Crippen molar-refractivity contribution in [3.8, 4) is 0 Å². The Morgan fingerprint density at radius 1 is 1.25 bits per heavy atom. The maximum Gasteiger partial charge on any atom is 0.281 e. The van der Waals surface area contributed by atoms with Gasteiger partial charge in [-0.2, -0.15) is 0 Å². The Morgan fingerprint density at radius 3 is 2.56 bits per heavy atom. The highest BCUT2D eigenvalue weighted by molar-refractivity contribution is 7.99. The minimum Gasteiger partial charge on any atom is -0.416 e. The van der Waals surface area contributed by atoms with E-state index in [1.54, 1.807) is 6.92 Å². The molecule has 84 valence electrons. The van der Waals surface area contributed by atoms with Gasteiger partial charge in [-0.05, 0) is 42.4 Å². The topological polar surface area (TPSA) is 64.9 Å². The van der Waals surface area contributed by atoms with Crippen LogP contribution in [0.5, 0.6) is 0 Å². The lowest BCUT2D eigenvalue weighted by molar-refractivity contribution is 0.429. The second-order valence-corrected chi connectivity index (χ2v) is 4.40. The molecule has 5 heteroatoms. The van der Waals surface area contributed by atoms with Gasteiger partial charge in [0.25, 0.3) is 5.22 Å². The monoisotopic (exact) mass is 235 g/mol. The highest BCUT2D eigenvalue weighted by atomic mass is 32.2. The normalized spacial score (nSPS) is 10.6. The van der Waals surface area contributed by atoms with Crippen molar-refractivity contribution < 1.29 is 4.42 Å². The largest absolute Gasteiger partial charge is 0.416 e. The highest BCUT2D eigenvalue weighted by Gasteiger charge is 2.04. The Labute approximate surface area is 98.2 Å². The van der Waals surface area contributed by atoms with Gasteiger partial charge in [0.15, 0.2) is 0 Å². The molecule has 0 fully saturated rings. The maximum absolute atomic E-state index is 5.49. The van der Waals surface area contributed by atoms with Gasteiger partial charge in [-0.1, -0.05) is 12.1 Å². The Hall–Kier alpha value is -1.33. The fraction of sp³-hybridized carbons (Fsp3) is 0.273. The summed E-state index contributed by atoms with van der Waals surface area (Å²) in [6.45, 7) is 2.46. The van der Waals surface area contributed by atoms with Gasteiger partial charge in [0.2, 0.25) is 5.89 Å². The molecule has 0 aliphatic carbocycles. The van der Waals surface area contributed by atoms with Crippen molar-refractivity contribution in [3.05, 3.63) is 35.7 Å². The lowest BCUT2D eigenvalue weighted by Gasteiger charge is -2.00. The van der Waals surface area contributed by atoms with E-state index in [-0.39, 0.29) is 0 Å². The zero-order valence-electron chi connectivity index (χ0n) is 9.01. The van der Waals surface area contributed by atoms with Gasteiger partial charge < -0.3 is 10.2 Å². The fourth-order valence-corrected chi connectivity index (χ4v) is 2.03. The molecule has 16 heavy (non-hydrogen) atoms. The number of hydrogen-bond acceptors (Lipinski definition) is 5. The predicted octanol–water partition coefficient (Wildman–Crippen LogP) is 2.03.